The maximum Gasteiger partial charge on any atom is 0.241 e. The first-order valence-corrected chi connectivity index (χ1v) is 8.17. The van der Waals surface area contributed by atoms with E-state index in [2.05, 4.69) is 20.7 Å². The van der Waals surface area contributed by atoms with Gasteiger partial charge in [-0.1, -0.05) is 30.3 Å². The van der Waals surface area contributed by atoms with Gasteiger partial charge in [0.1, 0.15) is 12.4 Å². The fourth-order valence-electron chi connectivity index (χ4n) is 2.43. The Hall–Kier alpha value is -3.48. The normalized spacial score (nSPS) is 10.3. The Morgan fingerprint density at radius 1 is 1.00 bits per heavy atom. The predicted molar refractivity (Wildman–Crippen MR) is 98.3 cm³/mol. The van der Waals surface area contributed by atoms with E-state index in [1.165, 1.54) is 0 Å². The van der Waals surface area contributed by atoms with Crippen LogP contribution >= 0.6 is 0 Å². The molecular formula is C19H19N5O2. The second kappa shape index (κ2) is 8.06. The molecule has 0 saturated heterocycles. The number of nitrogens with zero attached hydrogens (tertiary/aromatic N) is 3. The second-order valence-electron chi connectivity index (χ2n) is 5.74. The van der Waals surface area contributed by atoms with Crippen molar-refractivity contribution in [1.82, 2.24) is 20.1 Å². The number of rotatable bonds is 6. The summed E-state index contributed by atoms with van der Waals surface area (Å²) in [7, 11) is 1.58. The van der Waals surface area contributed by atoms with E-state index in [4.69, 9.17) is 0 Å². The van der Waals surface area contributed by atoms with Gasteiger partial charge in [-0.2, -0.15) is 5.10 Å². The summed E-state index contributed by atoms with van der Waals surface area (Å²) in [5, 5.41) is 9.49. The smallest absolute Gasteiger partial charge is 0.241 e. The van der Waals surface area contributed by atoms with Crippen LogP contribution in [0.4, 0.5) is 5.82 Å². The van der Waals surface area contributed by atoms with Crippen molar-refractivity contribution in [1.29, 1.82) is 0 Å². The minimum absolute atomic E-state index is 0.116. The summed E-state index contributed by atoms with van der Waals surface area (Å²) < 4.78 is 1.56. The number of hydrogen-bond acceptors (Lipinski definition) is 4. The van der Waals surface area contributed by atoms with Crippen LogP contribution in [0, 0.1) is 0 Å². The molecule has 2 N–H and O–H groups in total. The number of amides is 2. The van der Waals surface area contributed by atoms with Crippen molar-refractivity contribution in [3.8, 4) is 11.1 Å². The van der Waals surface area contributed by atoms with Gasteiger partial charge >= 0.3 is 0 Å². The molecule has 0 unspecified atom stereocenters. The molecule has 0 aliphatic carbocycles. The van der Waals surface area contributed by atoms with Crippen molar-refractivity contribution in [2.75, 3.05) is 12.4 Å². The highest BCUT2D eigenvalue weighted by atomic mass is 16.2. The van der Waals surface area contributed by atoms with Gasteiger partial charge in [-0.15, -0.1) is 0 Å². The molecule has 7 nitrogen and oxygen atoms in total. The Labute approximate surface area is 151 Å². The number of nitrogens with one attached hydrogen (secondary N) is 2. The van der Waals surface area contributed by atoms with Gasteiger partial charge < -0.3 is 10.6 Å². The van der Waals surface area contributed by atoms with Crippen LogP contribution in [0.2, 0.25) is 0 Å². The molecule has 2 heterocycles. The van der Waals surface area contributed by atoms with Gasteiger partial charge in [0.2, 0.25) is 11.8 Å². The monoisotopic (exact) mass is 349 g/mol. The van der Waals surface area contributed by atoms with E-state index in [-0.39, 0.29) is 18.4 Å². The summed E-state index contributed by atoms with van der Waals surface area (Å²) in [4.78, 5) is 27.7. The molecule has 3 rings (SSSR count). The molecule has 132 valence electrons. The van der Waals surface area contributed by atoms with Crippen molar-refractivity contribution in [3.05, 3.63) is 66.6 Å². The first-order valence-electron chi connectivity index (χ1n) is 8.17. The third kappa shape index (κ3) is 4.54. The van der Waals surface area contributed by atoms with Crippen molar-refractivity contribution >= 4 is 17.6 Å². The van der Waals surface area contributed by atoms with Gasteiger partial charge in [0.25, 0.3) is 0 Å². The van der Waals surface area contributed by atoms with Crippen LogP contribution in [0.3, 0.4) is 0 Å². The lowest BCUT2D eigenvalue weighted by atomic mass is 10.1. The van der Waals surface area contributed by atoms with Crippen molar-refractivity contribution < 1.29 is 9.59 Å². The Morgan fingerprint density at radius 3 is 2.50 bits per heavy atom. The first-order chi connectivity index (χ1) is 12.6. The van der Waals surface area contributed by atoms with Crippen LogP contribution in [0.1, 0.15) is 5.56 Å². The van der Waals surface area contributed by atoms with E-state index in [0.29, 0.717) is 12.2 Å². The molecule has 1 aromatic carbocycles. The maximum absolute atomic E-state index is 12.1. The van der Waals surface area contributed by atoms with Gasteiger partial charge in [0.05, 0.1) is 12.6 Å². The molecule has 0 radical (unpaired) electrons. The topological polar surface area (TPSA) is 88.9 Å². The van der Waals surface area contributed by atoms with E-state index >= 15 is 0 Å². The van der Waals surface area contributed by atoms with Gasteiger partial charge in [-0.3, -0.25) is 14.3 Å². The number of benzene rings is 1. The number of likely N-dealkylation sites (N-methyl/N-ethyl adjacent to an activating group) is 1. The average Bonchev–Trinajstić information content (AvgIpc) is 3.11. The van der Waals surface area contributed by atoms with E-state index in [9.17, 15) is 9.59 Å². The zero-order valence-corrected chi connectivity index (χ0v) is 14.3. The molecule has 3 aromatic rings. The largest absolute Gasteiger partial charge is 0.358 e. The number of pyridine rings is 1. The lowest BCUT2D eigenvalue weighted by Crippen LogP contribution is -2.23. The number of hydrogen-bond donors (Lipinski definition) is 2. The van der Waals surface area contributed by atoms with Crippen molar-refractivity contribution in [2.45, 2.75) is 13.0 Å². The Bertz CT molecular complexity index is 888. The summed E-state index contributed by atoms with van der Waals surface area (Å²) in [6.07, 6.45) is 5.42. The second-order valence-corrected chi connectivity index (χ2v) is 5.74. The highest BCUT2D eigenvalue weighted by Crippen LogP contribution is 2.19. The van der Waals surface area contributed by atoms with Crippen LogP contribution in [-0.2, 0) is 22.6 Å². The molecule has 2 aromatic heterocycles. The Morgan fingerprint density at radius 2 is 1.81 bits per heavy atom. The molecule has 26 heavy (non-hydrogen) atoms. The van der Waals surface area contributed by atoms with E-state index in [1.807, 2.05) is 36.4 Å². The third-order valence-corrected chi connectivity index (χ3v) is 3.79. The first kappa shape index (κ1) is 17.3. The molecule has 0 aliphatic rings. The molecule has 0 spiro atoms. The van der Waals surface area contributed by atoms with Gasteiger partial charge in [-0.05, 0) is 17.7 Å². The fraction of sp³-hybridized carbons (Fsp3) is 0.158. The molecule has 0 bridgehead atoms. The summed E-state index contributed by atoms with van der Waals surface area (Å²) in [5.74, 6) is 0.261. The standard InChI is InChI=1S/C19H19N5O2/c1-20-19(26)13-24-12-16(11-22-24)15-7-8-17(21-10-15)23-18(25)9-14-5-3-2-4-6-14/h2-8,10-12H,9,13H2,1H3,(H,20,26)(H,21,23,25). The number of carbonyl (C=O) groups excluding carboxylic acids is 2. The van der Waals surface area contributed by atoms with Crippen LogP contribution in [0.5, 0.6) is 0 Å². The molecule has 0 fully saturated rings. The zero-order valence-electron chi connectivity index (χ0n) is 14.3. The minimum Gasteiger partial charge on any atom is -0.358 e. The fourth-order valence-corrected chi connectivity index (χ4v) is 2.43. The SMILES string of the molecule is CNC(=O)Cn1cc(-c2ccc(NC(=O)Cc3ccccc3)nc2)cn1. The van der Waals surface area contributed by atoms with Crippen LogP contribution in [0.15, 0.2) is 61.1 Å². The number of carbonyl (C=O) groups is 2. The lowest BCUT2D eigenvalue weighted by Gasteiger charge is -2.05. The van der Waals surface area contributed by atoms with Crippen LogP contribution < -0.4 is 10.6 Å². The lowest BCUT2D eigenvalue weighted by molar-refractivity contribution is -0.121. The predicted octanol–water partition coefficient (Wildman–Crippen LogP) is 1.87. The highest BCUT2D eigenvalue weighted by molar-refractivity contribution is 5.91. The third-order valence-electron chi connectivity index (χ3n) is 3.79. The summed E-state index contributed by atoms with van der Waals surface area (Å²) in [6.45, 7) is 0.164. The van der Waals surface area contributed by atoms with Gasteiger partial charge in [0, 0.05) is 30.6 Å². The number of aromatic nitrogens is 3. The van der Waals surface area contributed by atoms with Crippen molar-refractivity contribution in [2.24, 2.45) is 0 Å². The summed E-state index contributed by atoms with van der Waals surface area (Å²) in [6, 6.07) is 13.1. The molecule has 0 saturated carbocycles. The van der Waals surface area contributed by atoms with E-state index in [1.54, 1.807) is 36.4 Å². The van der Waals surface area contributed by atoms with Gasteiger partial charge in [-0.25, -0.2) is 4.98 Å². The minimum atomic E-state index is -0.116. The Kier molecular flexibility index (Phi) is 5.38. The number of anilines is 1. The molecule has 0 atom stereocenters. The maximum atomic E-state index is 12.1. The van der Waals surface area contributed by atoms with Gasteiger partial charge in [0.15, 0.2) is 0 Å². The van der Waals surface area contributed by atoms with Crippen LogP contribution in [0.25, 0.3) is 11.1 Å². The molecule has 2 amide bonds. The average molecular weight is 349 g/mol. The van der Waals surface area contributed by atoms with E-state index < -0.39 is 0 Å². The highest BCUT2D eigenvalue weighted by Gasteiger charge is 2.07. The summed E-state index contributed by atoms with van der Waals surface area (Å²) >= 11 is 0. The molecular weight excluding hydrogens is 330 g/mol. The van der Waals surface area contributed by atoms with Crippen LogP contribution in [-0.4, -0.2) is 33.6 Å². The quantitative estimate of drug-likeness (QED) is 0.711. The molecule has 7 heteroatoms. The summed E-state index contributed by atoms with van der Waals surface area (Å²) in [5.41, 5.74) is 2.66. The van der Waals surface area contributed by atoms with Crippen molar-refractivity contribution in [3.63, 3.8) is 0 Å². The Balaban J connectivity index is 1.61. The zero-order chi connectivity index (χ0) is 18.4. The molecule has 0 aliphatic heterocycles. The van der Waals surface area contributed by atoms with E-state index in [0.717, 1.165) is 16.7 Å².